The van der Waals surface area contributed by atoms with E-state index in [2.05, 4.69) is 15.5 Å². The van der Waals surface area contributed by atoms with Crippen LogP contribution in [0.15, 0.2) is 34.3 Å². The molecule has 156 valence electrons. The van der Waals surface area contributed by atoms with Gasteiger partial charge in [0.2, 0.25) is 21.1 Å². The van der Waals surface area contributed by atoms with Gasteiger partial charge in [-0.2, -0.15) is 4.31 Å². The van der Waals surface area contributed by atoms with Crippen molar-refractivity contribution in [2.24, 2.45) is 0 Å². The van der Waals surface area contributed by atoms with Crippen LogP contribution in [0.4, 0.5) is 5.69 Å². The topological polar surface area (TPSA) is 123 Å². The predicted octanol–water partition coefficient (Wildman–Crippen LogP) is 1.77. The average Bonchev–Trinajstić information content (AvgIpc) is 3.50. The molecule has 29 heavy (non-hydrogen) atoms. The van der Waals surface area contributed by atoms with Crippen LogP contribution < -0.4 is 11.2 Å². The molecule has 4 rings (SSSR count). The lowest BCUT2D eigenvalue weighted by Crippen LogP contribution is -2.35. The largest absolute Gasteiger partial charge is 0.336 e. The van der Waals surface area contributed by atoms with Crippen LogP contribution in [0.1, 0.15) is 43.8 Å². The first-order chi connectivity index (χ1) is 13.9. The monoisotopic (exact) mass is 436 g/mol. The Labute approximate surface area is 174 Å². The van der Waals surface area contributed by atoms with Gasteiger partial charge >= 0.3 is 0 Å². The Bertz CT molecular complexity index is 980. The Morgan fingerprint density at radius 2 is 1.83 bits per heavy atom. The van der Waals surface area contributed by atoms with E-state index < -0.39 is 10.0 Å². The second-order valence-corrected chi connectivity index (χ2v) is 10.2. The second kappa shape index (κ2) is 8.33. The van der Waals surface area contributed by atoms with Crippen molar-refractivity contribution in [3.05, 3.63) is 30.1 Å². The van der Waals surface area contributed by atoms with Gasteiger partial charge in [0.05, 0.1) is 10.6 Å². The fourth-order valence-corrected chi connectivity index (χ4v) is 5.48. The van der Waals surface area contributed by atoms with Crippen molar-refractivity contribution in [2.45, 2.75) is 48.1 Å². The van der Waals surface area contributed by atoms with E-state index in [-0.39, 0.29) is 16.6 Å². The highest BCUT2D eigenvalue weighted by Gasteiger charge is 2.30. The molecule has 1 aromatic heterocycles. The van der Waals surface area contributed by atoms with E-state index in [4.69, 9.17) is 5.84 Å². The number of nitrogens with one attached hydrogen (secondary N) is 1. The molecule has 0 bridgehead atoms. The first-order valence-corrected chi connectivity index (χ1v) is 12.1. The Balaban J connectivity index is 1.33. The van der Waals surface area contributed by atoms with Crippen molar-refractivity contribution < 1.29 is 13.2 Å². The van der Waals surface area contributed by atoms with E-state index in [0.717, 1.165) is 37.9 Å². The molecule has 1 saturated carbocycles. The van der Waals surface area contributed by atoms with Gasteiger partial charge in [-0.05, 0) is 49.9 Å². The molecule has 2 heterocycles. The van der Waals surface area contributed by atoms with Gasteiger partial charge in [0.25, 0.3) is 0 Å². The molecule has 2 aromatic rings. The molecule has 2 aliphatic rings. The van der Waals surface area contributed by atoms with Crippen LogP contribution in [0.5, 0.6) is 0 Å². The Kier molecular flexibility index (Phi) is 5.79. The Morgan fingerprint density at radius 1 is 1.14 bits per heavy atom. The number of amides is 1. The number of hydrogen-bond donors (Lipinski definition) is 2. The molecule has 0 unspecified atom stereocenters. The number of hydrogen-bond acceptors (Lipinski definition) is 7. The fraction of sp³-hybridized carbons (Fsp3) is 0.500. The number of sulfonamides is 1. The summed E-state index contributed by atoms with van der Waals surface area (Å²) in [6.07, 6.45) is 5.00. The summed E-state index contributed by atoms with van der Waals surface area (Å²) in [6, 6.07) is 6.28. The number of nitrogens with zero attached hydrogens (tertiary/aromatic N) is 4. The maximum atomic E-state index is 12.7. The van der Waals surface area contributed by atoms with Gasteiger partial charge in [0.1, 0.15) is 0 Å². The Hall–Kier alpha value is -2.11. The molecular weight excluding hydrogens is 412 g/mol. The number of rotatable bonds is 7. The van der Waals surface area contributed by atoms with Crippen molar-refractivity contribution in [1.29, 1.82) is 0 Å². The molecule has 2 fully saturated rings. The molecule has 1 amide bonds. The molecular formula is C18H24N6O3S2. The Morgan fingerprint density at radius 3 is 2.48 bits per heavy atom. The zero-order chi connectivity index (χ0) is 20.4. The van der Waals surface area contributed by atoms with Gasteiger partial charge in [-0.15, -0.1) is 10.2 Å². The standard InChI is InChI=1S/C18H24N6O3S2/c19-24-17(13-4-5-13)21-22-18(24)28-12-16(25)20-14-6-8-15(9-7-14)29(26,27)23-10-2-1-3-11-23/h6-9,13H,1-5,10-12,19H2,(H,20,25). The highest BCUT2D eigenvalue weighted by atomic mass is 32.2. The van der Waals surface area contributed by atoms with E-state index in [1.807, 2.05) is 0 Å². The normalized spacial score (nSPS) is 17.9. The number of thioether (sulfide) groups is 1. The lowest BCUT2D eigenvalue weighted by Gasteiger charge is -2.25. The van der Waals surface area contributed by atoms with Crippen LogP contribution in [0.3, 0.4) is 0 Å². The number of benzene rings is 1. The summed E-state index contributed by atoms with van der Waals surface area (Å²) in [7, 11) is -3.47. The van der Waals surface area contributed by atoms with Crippen molar-refractivity contribution in [1.82, 2.24) is 19.2 Å². The summed E-state index contributed by atoms with van der Waals surface area (Å²) in [6.45, 7) is 1.12. The lowest BCUT2D eigenvalue weighted by molar-refractivity contribution is -0.113. The third kappa shape index (κ3) is 4.57. The summed E-state index contributed by atoms with van der Waals surface area (Å²) in [5.41, 5.74) is 0.543. The number of carbonyl (C=O) groups excluding carboxylic acids is 1. The van der Waals surface area contributed by atoms with Gasteiger partial charge < -0.3 is 11.2 Å². The van der Waals surface area contributed by atoms with Gasteiger partial charge in [-0.3, -0.25) is 4.79 Å². The van der Waals surface area contributed by atoms with E-state index in [9.17, 15) is 13.2 Å². The van der Waals surface area contributed by atoms with E-state index in [0.29, 0.717) is 29.9 Å². The van der Waals surface area contributed by atoms with E-state index in [1.165, 1.54) is 32.9 Å². The number of aromatic nitrogens is 3. The summed E-state index contributed by atoms with van der Waals surface area (Å²) < 4.78 is 28.3. The van der Waals surface area contributed by atoms with Gasteiger partial charge in [-0.25, -0.2) is 13.1 Å². The molecule has 0 radical (unpaired) electrons. The van der Waals surface area contributed by atoms with Crippen LogP contribution in [-0.2, 0) is 14.8 Å². The minimum atomic E-state index is -3.47. The van der Waals surface area contributed by atoms with Crippen LogP contribution in [-0.4, -0.2) is 52.3 Å². The smallest absolute Gasteiger partial charge is 0.243 e. The van der Waals surface area contributed by atoms with Crippen molar-refractivity contribution >= 4 is 33.4 Å². The number of nitrogens with two attached hydrogens (primary N) is 1. The quantitative estimate of drug-likeness (QED) is 0.501. The highest BCUT2D eigenvalue weighted by Crippen LogP contribution is 2.39. The molecule has 1 aliphatic heterocycles. The minimum Gasteiger partial charge on any atom is -0.336 e. The zero-order valence-electron chi connectivity index (χ0n) is 16.0. The summed E-state index contributed by atoms with van der Waals surface area (Å²) in [5, 5.41) is 11.4. The molecule has 0 spiro atoms. The fourth-order valence-electron chi connectivity index (χ4n) is 3.30. The van der Waals surface area contributed by atoms with E-state index >= 15 is 0 Å². The SMILES string of the molecule is Nn1c(SCC(=O)Nc2ccc(S(=O)(=O)N3CCCCC3)cc2)nnc1C1CC1. The van der Waals surface area contributed by atoms with Crippen LogP contribution >= 0.6 is 11.8 Å². The van der Waals surface area contributed by atoms with Gasteiger partial charge in [0, 0.05) is 24.7 Å². The third-order valence-corrected chi connectivity index (χ3v) is 7.91. The van der Waals surface area contributed by atoms with Gasteiger partial charge in [0.15, 0.2) is 5.82 Å². The molecule has 0 atom stereocenters. The summed E-state index contributed by atoms with van der Waals surface area (Å²) in [5.74, 6) is 7.04. The maximum Gasteiger partial charge on any atom is 0.243 e. The number of piperidine rings is 1. The van der Waals surface area contributed by atoms with Crippen LogP contribution in [0.25, 0.3) is 0 Å². The molecule has 1 aliphatic carbocycles. The third-order valence-electron chi connectivity index (χ3n) is 5.06. The minimum absolute atomic E-state index is 0.133. The van der Waals surface area contributed by atoms with Crippen LogP contribution in [0, 0.1) is 0 Å². The number of carbonyl (C=O) groups is 1. The maximum absolute atomic E-state index is 12.7. The predicted molar refractivity (Wildman–Crippen MR) is 111 cm³/mol. The first-order valence-electron chi connectivity index (χ1n) is 9.68. The zero-order valence-corrected chi connectivity index (χ0v) is 17.6. The van der Waals surface area contributed by atoms with Crippen molar-refractivity contribution in [2.75, 3.05) is 30.0 Å². The number of anilines is 1. The van der Waals surface area contributed by atoms with Gasteiger partial charge in [-0.1, -0.05) is 18.2 Å². The lowest BCUT2D eigenvalue weighted by atomic mass is 10.2. The summed E-state index contributed by atoms with van der Waals surface area (Å²) >= 11 is 1.22. The number of nitrogen functional groups attached to an aromatic ring is 1. The molecule has 9 nitrogen and oxygen atoms in total. The van der Waals surface area contributed by atoms with Crippen LogP contribution in [0.2, 0.25) is 0 Å². The second-order valence-electron chi connectivity index (χ2n) is 7.31. The first kappa shape index (κ1) is 20.2. The molecule has 11 heteroatoms. The highest BCUT2D eigenvalue weighted by molar-refractivity contribution is 7.99. The van der Waals surface area contributed by atoms with Crippen molar-refractivity contribution in [3.63, 3.8) is 0 Å². The molecule has 1 saturated heterocycles. The average molecular weight is 437 g/mol. The molecule has 3 N–H and O–H groups in total. The van der Waals surface area contributed by atoms with Crippen molar-refractivity contribution in [3.8, 4) is 0 Å². The molecule has 1 aromatic carbocycles. The van der Waals surface area contributed by atoms with E-state index in [1.54, 1.807) is 12.1 Å². The summed E-state index contributed by atoms with van der Waals surface area (Å²) in [4.78, 5) is 12.5.